The summed E-state index contributed by atoms with van der Waals surface area (Å²) < 4.78 is 27.9. The Kier molecular flexibility index (Phi) is 7.51. The summed E-state index contributed by atoms with van der Waals surface area (Å²) >= 11 is 0. The third-order valence-corrected chi connectivity index (χ3v) is 5.13. The molecule has 1 atom stereocenters. The van der Waals surface area contributed by atoms with Crippen molar-refractivity contribution in [1.29, 1.82) is 0 Å². The molecule has 1 heterocycles. The second kappa shape index (κ2) is 8.62. The number of likely N-dealkylation sites (tertiary alicyclic amines) is 1. The van der Waals surface area contributed by atoms with Gasteiger partial charge in [-0.2, -0.15) is 0 Å². The number of hydrogen-bond acceptors (Lipinski definition) is 5. The predicted octanol–water partition coefficient (Wildman–Crippen LogP) is 2.41. The lowest BCUT2D eigenvalue weighted by molar-refractivity contribution is 0.0770. The molecule has 0 saturated carbocycles. The third-order valence-electron chi connectivity index (χ3n) is 3.09. The van der Waals surface area contributed by atoms with Crippen LogP contribution in [0.2, 0.25) is 0 Å². The Hall–Kier alpha value is -0.620. The first-order valence-electron chi connectivity index (χ1n) is 6.98. The number of rotatable bonds is 9. The van der Waals surface area contributed by atoms with Crippen LogP contribution in [0.15, 0.2) is 0 Å². The van der Waals surface area contributed by atoms with E-state index in [1.54, 1.807) is 13.8 Å². The lowest BCUT2D eigenvalue weighted by Crippen LogP contribution is -2.37. The minimum Gasteiger partial charge on any atom is -0.465 e. The van der Waals surface area contributed by atoms with E-state index in [4.69, 9.17) is 18.9 Å². The molecule has 0 radical (unpaired) electrons. The van der Waals surface area contributed by atoms with Crippen molar-refractivity contribution in [3.63, 3.8) is 0 Å². The zero-order chi connectivity index (χ0) is 15.0. The molecule has 0 aromatic heterocycles. The maximum absolute atomic E-state index is 12.2. The van der Waals surface area contributed by atoms with Gasteiger partial charge in [-0.25, -0.2) is 4.79 Å². The molecule has 1 amide bonds. The van der Waals surface area contributed by atoms with Gasteiger partial charge in [0.2, 0.25) is 0 Å². The van der Waals surface area contributed by atoms with Crippen molar-refractivity contribution >= 4 is 13.7 Å². The van der Waals surface area contributed by atoms with E-state index in [2.05, 4.69) is 0 Å². The Morgan fingerprint density at radius 2 is 2.00 bits per heavy atom. The van der Waals surface area contributed by atoms with E-state index >= 15 is 0 Å². The largest absolute Gasteiger partial charge is 0.465 e. The Bertz CT molecular complexity index is 341. The van der Waals surface area contributed by atoms with E-state index < -0.39 is 13.7 Å². The minimum absolute atomic E-state index is 0.105. The predicted molar refractivity (Wildman–Crippen MR) is 74.3 cm³/mol. The van der Waals surface area contributed by atoms with Gasteiger partial charge in [0.15, 0.2) is 0 Å². The van der Waals surface area contributed by atoms with E-state index in [-0.39, 0.29) is 18.8 Å². The summed E-state index contributed by atoms with van der Waals surface area (Å²) in [6, 6.07) is -0.105. The molecule has 1 aliphatic rings. The molecule has 1 aliphatic heterocycles. The maximum atomic E-state index is 12.2. The second-order valence-electron chi connectivity index (χ2n) is 4.52. The molecule has 7 nitrogen and oxygen atoms in total. The smallest absolute Gasteiger partial charge is 0.407 e. The monoisotopic (exact) mass is 309 g/mol. The van der Waals surface area contributed by atoms with Crippen molar-refractivity contribution in [1.82, 2.24) is 4.90 Å². The fourth-order valence-corrected chi connectivity index (χ4v) is 3.69. The molecule has 8 heteroatoms. The zero-order valence-corrected chi connectivity index (χ0v) is 13.0. The van der Waals surface area contributed by atoms with Crippen LogP contribution in [0.5, 0.6) is 0 Å². The number of carboxylic acid groups (broad SMARTS) is 1. The van der Waals surface area contributed by atoms with Crippen LogP contribution >= 0.6 is 7.60 Å². The number of amides is 1. The van der Waals surface area contributed by atoms with E-state index in [0.29, 0.717) is 26.4 Å². The number of ether oxygens (including phenoxy) is 1. The fourth-order valence-electron chi connectivity index (χ4n) is 2.22. The minimum atomic E-state index is -3.07. The van der Waals surface area contributed by atoms with Gasteiger partial charge < -0.3 is 23.8 Å². The van der Waals surface area contributed by atoms with Gasteiger partial charge in [-0.1, -0.05) is 0 Å². The third kappa shape index (κ3) is 5.40. The Morgan fingerprint density at radius 3 is 2.55 bits per heavy atom. The van der Waals surface area contributed by atoms with E-state index in [9.17, 15) is 9.36 Å². The van der Waals surface area contributed by atoms with Gasteiger partial charge in [-0.15, -0.1) is 0 Å². The average Bonchev–Trinajstić information content (AvgIpc) is 2.84. The lowest BCUT2D eigenvalue weighted by atomic mass is 10.2. The standard InChI is InChI=1S/C12H24NO6P/c1-3-18-20(16,19-4-2)9-8-17-10-11-6-5-7-13(11)12(14)15/h11H,3-10H2,1-2H3,(H,14,15)/t11-/m0/s1. The van der Waals surface area contributed by atoms with Gasteiger partial charge in [0.05, 0.1) is 38.6 Å². The number of nitrogens with zero attached hydrogens (tertiary/aromatic N) is 1. The molecule has 0 aliphatic carbocycles. The van der Waals surface area contributed by atoms with E-state index in [1.165, 1.54) is 4.90 Å². The summed E-state index contributed by atoms with van der Waals surface area (Å²) in [5.41, 5.74) is 0. The number of carbonyl (C=O) groups is 1. The SMILES string of the molecule is CCOP(=O)(CCOC[C@@H]1CCCN1C(=O)O)OCC. The van der Waals surface area contributed by atoms with Crippen molar-refractivity contribution in [2.45, 2.75) is 32.7 Å². The van der Waals surface area contributed by atoms with Crippen LogP contribution in [-0.2, 0) is 18.3 Å². The summed E-state index contributed by atoms with van der Waals surface area (Å²) in [5, 5.41) is 9.00. The van der Waals surface area contributed by atoms with Crippen LogP contribution in [0.4, 0.5) is 4.79 Å². The Morgan fingerprint density at radius 1 is 1.35 bits per heavy atom. The van der Waals surface area contributed by atoms with Crippen LogP contribution in [-0.4, -0.2) is 61.3 Å². The van der Waals surface area contributed by atoms with Gasteiger partial charge in [-0.05, 0) is 26.7 Å². The van der Waals surface area contributed by atoms with Crippen LogP contribution in [0.25, 0.3) is 0 Å². The van der Waals surface area contributed by atoms with Crippen molar-refractivity contribution in [3.05, 3.63) is 0 Å². The molecular weight excluding hydrogens is 285 g/mol. The molecule has 0 spiro atoms. The van der Waals surface area contributed by atoms with Gasteiger partial charge in [0.25, 0.3) is 0 Å². The van der Waals surface area contributed by atoms with E-state index in [0.717, 1.165) is 12.8 Å². The molecule has 0 aromatic rings. The van der Waals surface area contributed by atoms with Gasteiger partial charge >= 0.3 is 13.7 Å². The number of hydrogen-bond donors (Lipinski definition) is 1. The molecule has 0 aromatic carbocycles. The van der Waals surface area contributed by atoms with Crippen molar-refractivity contribution in [2.75, 3.05) is 39.1 Å². The first-order chi connectivity index (χ1) is 9.52. The highest BCUT2D eigenvalue weighted by molar-refractivity contribution is 7.53. The zero-order valence-electron chi connectivity index (χ0n) is 12.1. The molecule has 20 heavy (non-hydrogen) atoms. The highest BCUT2D eigenvalue weighted by atomic mass is 31.2. The first kappa shape index (κ1) is 17.4. The Labute approximate surface area is 119 Å². The summed E-state index contributed by atoms with van der Waals surface area (Å²) in [7, 11) is -3.07. The van der Waals surface area contributed by atoms with Crippen molar-refractivity contribution in [2.24, 2.45) is 0 Å². The summed E-state index contributed by atoms with van der Waals surface area (Å²) in [5.74, 6) is 0. The molecule has 1 saturated heterocycles. The van der Waals surface area contributed by atoms with Gasteiger partial charge in [0, 0.05) is 6.54 Å². The van der Waals surface area contributed by atoms with Gasteiger partial charge in [-0.3, -0.25) is 4.57 Å². The summed E-state index contributed by atoms with van der Waals surface area (Å²) in [6.45, 7) is 5.29. The van der Waals surface area contributed by atoms with Crippen molar-refractivity contribution < 1.29 is 28.3 Å². The highest BCUT2D eigenvalue weighted by Gasteiger charge is 2.29. The quantitative estimate of drug-likeness (QED) is 0.520. The highest BCUT2D eigenvalue weighted by Crippen LogP contribution is 2.47. The van der Waals surface area contributed by atoms with Gasteiger partial charge in [0.1, 0.15) is 0 Å². The fraction of sp³-hybridized carbons (Fsp3) is 0.917. The summed E-state index contributed by atoms with van der Waals surface area (Å²) in [4.78, 5) is 12.4. The van der Waals surface area contributed by atoms with Crippen LogP contribution in [0.3, 0.4) is 0 Å². The Balaban J connectivity index is 2.29. The van der Waals surface area contributed by atoms with Crippen LogP contribution in [0.1, 0.15) is 26.7 Å². The molecule has 0 bridgehead atoms. The summed E-state index contributed by atoms with van der Waals surface area (Å²) in [6.07, 6.45) is 0.942. The molecule has 1 fully saturated rings. The van der Waals surface area contributed by atoms with Crippen molar-refractivity contribution in [3.8, 4) is 0 Å². The average molecular weight is 309 g/mol. The normalized spacial score (nSPS) is 19.5. The lowest BCUT2D eigenvalue weighted by Gasteiger charge is -2.22. The second-order valence-corrected chi connectivity index (χ2v) is 6.70. The first-order valence-corrected chi connectivity index (χ1v) is 8.70. The van der Waals surface area contributed by atoms with E-state index in [1.807, 2.05) is 0 Å². The molecule has 0 unspecified atom stereocenters. The topological polar surface area (TPSA) is 85.3 Å². The van der Waals surface area contributed by atoms with Crippen LogP contribution < -0.4 is 0 Å². The van der Waals surface area contributed by atoms with Crippen LogP contribution in [0, 0.1) is 0 Å². The molecule has 118 valence electrons. The molecule has 1 N–H and O–H groups in total. The maximum Gasteiger partial charge on any atom is 0.407 e. The molecular formula is C12H24NO6P. The molecule has 1 rings (SSSR count).